The van der Waals surface area contributed by atoms with Crippen molar-refractivity contribution in [1.29, 1.82) is 0 Å². The van der Waals surface area contributed by atoms with Gasteiger partial charge in [-0.05, 0) is 70.0 Å². The van der Waals surface area contributed by atoms with Crippen LogP contribution in [0.3, 0.4) is 0 Å². The molecule has 0 aromatic heterocycles. The first kappa shape index (κ1) is 27.0. The van der Waals surface area contributed by atoms with Crippen LogP contribution in [-0.2, 0) is 11.0 Å². The fourth-order valence-electron chi connectivity index (χ4n) is 3.20. The first-order chi connectivity index (χ1) is 17.3. The molecule has 1 saturated heterocycles. The normalized spacial score (nSPS) is 15.0. The van der Waals surface area contributed by atoms with Gasteiger partial charge in [-0.2, -0.15) is 13.2 Å². The molecule has 3 aromatic carbocycles. The first-order valence-corrected chi connectivity index (χ1v) is 12.3. The highest BCUT2D eigenvalue weighted by molar-refractivity contribution is 9.10. The van der Waals surface area contributed by atoms with E-state index in [0.717, 1.165) is 23.9 Å². The first-order valence-electron chi connectivity index (χ1n) is 9.91. The number of halogens is 6. The number of nitrogens with zero attached hydrogens (tertiary/aromatic N) is 2. The van der Waals surface area contributed by atoms with E-state index in [1.807, 2.05) is 0 Å². The van der Waals surface area contributed by atoms with Crippen LogP contribution in [0.15, 0.2) is 64.0 Å². The number of carbonyl (C=O) groups is 1. The lowest BCUT2D eigenvalue weighted by molar-refractivity contribution is -0.385. The third-order valence-corrected chi connectivity index (χ3v) is 7.12. The highest BCUT2D eigenvalue weighted by atomic mass is 79.9. The van der Waals surface area contributed by atoms with E-state index in [-0.39, 0.29) is 25.7 Å². The van der Waals surface area contributed by atoms with Crippen molar-refractivity contribution in [3.05, 3.63) is 96.1 Å². The van der Waals surface area contributed by atoms with Crippen molar-refractivity contribution in [2.24, 2.45) is 0 Å². The Morgan fingerprint density at radius 2 is 1.81 bits per heavy atom. The van der Waals surface area contributed by atoms with Crippen molar-refractivity contribution in [3.63, 3.8) is 0 Å². The second kappa shape index (κ2) is 10.4. The van der Waals surface area contributed by atoms with Crippen molar-refractivity contribution in [1.82, 2.24) is 0 Å². The number of anilines is 1. The van der Waals surface area contributed by atoms with E-state index < -0.39 is 34.1 Å². The molecule has 3 aromatic rings. The average molecular weight is 634 g/mol. The molecule has 1 aliphatic rings. The summed E-state index contributed by atoms with van der Waals surface area (Å²) in [6.07, 6.45) is -3.21. The summed E-state index contributed by atoms with van der Waals surface area (Å²) in [7, 11) is 0. The summed E-state index contributed by atoms with van der Waals surface area (Å²) in [6.45, 7) is 0. The zero-order chi connectivity index (χ0) is 27.1. The summed E-state index contributed by atoms with van der Waals surface area (Å²) in [6, 6.07) is 10.2. The number of thiocarbonyl (C=S) groups is 1. The number of nitro benzene ring substituents is 1. The summed E-state index contributed by atoms with van der Waals surface area (Å²) in [5.74, 6) is -1.38. The number of carbonyl (C=O) groups excluding carboxylic acids is 1. The Bertz CT molecular complexity index is 1500. The number of thioether (sulfide) groups is 1. The van der Waals surface area contributed by atoms with Gasteiger partial charge < -0.3 is 4.74 Å². The molecule has 0 aliphatic carbocycles. The molecule has 1 aliphatic heterocycles. The number of ether oxygens (including phenoxy) is 1. The van der Waals surface area contributed by atoms with E-state index >= 15 is 0 Å². The monoisotopic (exact) mass is 632 g/mol. The molecule has 0 bridgehead atoms. The van der Waals surface area contributed by atoms with Gasteiger partial charge in [-0.1, -0.05) is 41.6 Å². The maximum atomic E-state index is 13.5. The van der Waals surface area contributed by atoms with Gasteiger partial charge >= 0.3 is 11.9 Å². The lowest BCUT2D eigenvalue weighted by Gasteiger charge is -2.14. The quantitative estimate of drug-likeness (QED) is 0.0924. The second-order valence-electron chi connectivity index (χ2n) is 7.34. The molecular formula is C23H10BrClF4N2O4S2. The molecule has 0 radical (unpaired) electrons. The maximum Gasteiger partial charge on any atom is 0.416 e. The highest BCUT2D eigenvalue weighted by Gasteiger charge is 2.34. The van der Waals surface area contributed by atoms with E-state index in [0.29, 0.717) is 27.9 Å². The molecule has 0 saturated carbocycles. The van der Waals surface area contributed by atoms with E-state index in [4.69, 9.17) is 28.6 Å². The number of nitro groups is 1. The van der Waals surface area contributed by atoms with Crippen LogP contribution < -0.4 is 9.64 Å². The number of hydrogen-bond acceptors (Lipinski definition) is 6. The number of rotatable bonds is 5. The van der Waals surface area contributed by atoms with Gasteiger partial charge in [0.05, 0.1) is 30.6 Å². The minimum absolute atomic E-state index is 0.0912. The summed E-state index contributed by atoms with van der Waals surface area (Å²) in [5, 5.41) is 11.1. The van der Waals surface area contributed by atoms with Gasteiger partial charge in [0.25, 0.3) is 5.91 Å². The number of amides is 1. The van der Waals surface area contributed by atoms with E-state index in [9.17, 15) is 32.5 Å². The molecule has 1 fully saturated rings. The molecule has 37 heavy (non-hydrogen) atoms. The van der Waals surface area contributed by atoms with E-state index in [1.165, 1.54) is 29.2 Å². The minimum atomic E-state index is -4.75. The average Bonchev–Trinajstić information content (AvgIpc) is 3.09. The van der Waals surface area contributed by atoms with Crippen LogP contribution in [-0.4, -0.2) is 15.2 Å². The second-order valence-corrected chi connectivity index (χ2v) is 10.3. The van der Waals surface area contributed by atoms with Crippen LogP contribution in [0.1, 0.15) is 11.1 Å². The molecule has 0 spiro atoms. The van der Waals surface area contributed by atoms with Gasteiger partial charge in [0.2, 0.25) is 5.75 Å². The fraction of sp³-hybridized carbons (Fsp3) is 0.0435. The summed E-state index contributed by atoms with van der Waals surface area (Å²) >= 11 is 15.4. The number of benzene rings is 3. The van der Waals surface area contributed by atoms with Crippen molar-refractivity contribution >= 4 is 79.2 Å². The number of hydrogen-bond donors (Lipinski definition) is 0. The molecule has 1 heterocycles. The zero-order valence-electron chi connectivity index (χ0n) is 17.9. The Kier molecular flexibility index (Phi) is 7.60. The highest BCUT2D eigenvalue weighted by Crippen LogP contribution is 2.41. The summed E-state index contributed by atoms with van der Waals surface area (Å²) in [5.41, 5.74) is -1.20. The van der Waals surface area contributed by atoms with Crippen LogP contribution in [0.4, 0.5) is 28.9 Å². The molecule has 0 unspecified atom stereocenters. The van der Waals surface area contributed by atoms with Gasteiger partial charge in [0.15, 0.2) is 4.32 Å². The molecular weight excluding hydrogens is 624 g/mol. The molecule has 0 N–H and O–H groups in total. The Hall–Kier alpha value is -3.00. The SMILES string of the molecule is O=C1/C(=C\c2ccc(Oc3ccc(C(F)(F)F)cc3[N+](=O)[O-])c(Br)c2)SC(=S)N1c1ccc(F)c(Cl)c1. The zero-order valence-corrected chi connectivity index (χ0v) is 21.9. The van der Waals surface area contributed by atoms with Crippen LogP contribution in [0, 0.1) is 15.9 Å². The van der Waals surface area contributed by atoms with Crippen LogP contribution in [0.2, 0.25) is 5.02 Å². The molecule has 1 amide bonds. The summed E-state index contributed by atoms with van der Waals surface area (Å²) < 4.78 is 58.4. The lowest BCUT2D eigenvalue weighted by Crippen LogP contribution is -2.27. The van der Waals surface area contributed by atoms with Crippen LogP contribution >= 0.6 is 51.5 Å². The van der Waals surface area contributed by atoms with Crippen molar-refractivity contribution in [2.75, 3.05) is 4.90 Å². The topological polar surface area (TPSA) is 72.7 Å². The van der Waals surface area contributed by atoms with E-state index in [2.05, 4.69) is 15.9 Å². The van der Waals surface area contributed by atoms with E-state index in [1.54, 1.807) is 12.1 Å². The third-order valence-electron chi connectivity index (χ3n) is 4.91. The smallest absolute Gasteiger partial charge is 0.416 e. The molecule has 0 atom stereocenters. The maximum absolute atomic E-state index is 13.5. The Labute approximate surface area is 229 Å². The standard InChI is InChI=1S/C23H10BrClF4N2O4S2/c24-14-7-11(8-20-21(32)30(22(36)37-20)13-3-4-16(26)15(25)10-13)1-5-18(14)35-19-6-2-12(23(27,28)29)9-17(19)31(33)34/h1-10H/b20-8+. The fourth-order valence-corrected chi connectivity index (χ4v) is 5.15. The van der Waals surface area contributed by atoms with Gasteiger partial charge in [0.1, 0.15) is 11.6 Å². The van der Waals surface area contributed by atoms with Crippen LogP contribution in [0.5, 0.6) is 11.5 Å². The minimum Gasteiger partial charge on any atom is -0.449 e. The largest absolute Gasteiger partial charge is 0.449 e. The molecule has 6 nitrogen and oxygen atoms in total. The number of alkyl halides is 3. The van der Waals surface area contributed by atoms with Gasteiger partial charge in [0, 0.05) is 6.07 Å². The van der Waals surface area contributed by atoms with Crippen molar-refractivity contribution in [3.8, 4) is 11.5 Å². The van der Waals surface area contributed by atoms with Crippen molar-refractivity contribution < 1.29 is 32.0 Å². The third kappa shape index (κ3) is 5.79. The molecule has 190 valence electrons. The Morgan fingerprint density at radius 1 is 1.11 bits per heavy atom. The van der Waals surface area contributed by atoms with Gasteiger partial charge in [-0.25, -0.2) is 4.39 Å². The van der Waals surface area contributed by atoms with Gasteiger partial charge in [-0.3, -0.25) is 19.8 Å². The summed E-state index contributed by atoms with van der Waals surface area (Å²) in [4.78, 5) is 24.8. The molecule has 14 heteroatoms. The molecule has 4 rings (SSSR count). The lowest BCUT2D eigenvalue weighted by atomic mass is 10.1. The predicted molar refractivity (Wildman–Crippen MR) is 139 cm³/mol. The van der Waals surface area contributed by atoms with Gasteiger partial charge in [-0.15, -0.1) is 0 Å². The van der Waals surface area contributed by atoms with Crippen LogP contribution in [0.25, 0.3) is 6.08 Å². The Balaban J connectivity index is 1.58. The van der Waals surface area contributed by atoms with Crippen molar-refractivity contribution in [2.45, 2.75) is 6.18 Å². The Morgan fingerprint density at radius 3 is 2.43 bits per heavy atom. The predicted octanol–water partition coefficient (Wildman–Crippen LogP) is 8.37.